The molecule has 0 unspecified atom stereocenters. The largest absolute Gasteiger partial charge is 0.459 e. The number of nitrogens with one attached hydrogen (secondary N) is 1. The zero-order valence-electron chi connectivity index (χ0n) is 35.0. The number of ether oxygens (including phenoxy) is 4. The number of hydrogen-bond acceptors (Lipinski definition) is 13. The Bertz CT molecular complexity index is 1730. The van der Waals surface area contributed by atoms with Crippen LogP contribution in [0.5, 0.6) is 0 Å². The lowest BCUT2D eigenvalue weighted by atomic mass is 9.44. The van der Waals surface area contributed by atoms with E-state index in [1.165, 1.54) is 13.8 Å². The first-order valence-corrected chi connectivity index (χ1v) is 20.9. The molecule has 0 aromatic heterocycles. The number of carbonyl (C=O) groups excluding carboxylic acids is 5. The predicted octanol–water partition coefficient (Wildman–Crippen LogP) is 4.09. The average Bonchev–Trinajstić information content (AvgIpc) is 3.17. The third kappa shape index (κ3) is 8.11. The van der Waals surface area contributed by atoms with Gasteiger partial charge in [0.2, 0.25) is 5.91 Å². The Morgan fingerprint density at radius 3 is 2.19 bits per heavy atom. The van der Waals surface area contributed by atoms with E-state index in [2.05, 4.69) is 12.2 Å². The smallest absolute Gasteiger partial charge is 0.338 e. The molecule has 5 N–H and O–H groups in total. The van der Waals surface area contributed by atoms with Crippen molar-refractivity contribution in [3.63, 3.8) is 0 Å². The second-order valence-electron chi connectivity index (χ2n) is 17.5. The van der Waals surface area contributed by atoms with Gasteiger partial charge in [0.25, 0.3) is 0 Å². The van der Waals surface area contributed by atoms with Crippen molar-refractivity contribution in [1.82, 2.24) is 5.32 Å². The number of hydrogen-bond donors (Lipinski definition) is 5. The molecule has 0 spiro atoms. The summed E-state index contributed by atoms with van der Waals surface area (Å²) in [5, 5.41) is 51.8. The van der Waals surface area contributed by atoms with Crippen LogP contribution in [0, 0.1) is 16.7 Å². The van der Waals surface area contributed by atoms with Gasteiger partial charge in [-0.15, -0.1) is 0 Å². The molecule has 4 aliphatic rings. The van der Waals surface area contributed by atoms with Crippen LogP contribution in [-0.4, -0.2) is 104 Å². The van der Waals surface area contributed by atoms with E-state index in [1.54, 1.807) is 51.1 Å². The maximum Gasteiger partial charge on any atom is 0.338 e. The van der Waals surface area contributed by atoms with Crippen molar-refractivity contribution < 1.29 is 63.3 Å². The van der Waals surface area contributed by atoms with Gasteiger partial charge in [0.15, 0.2) is 17.5 Å². The quantitative estimate of drug-likeness (QED) is 0.0690. The average molecular weight is 814 g/mol. The zero-order chi connectivity index (χ0) is 42.8. The maximum absolute atomic E-state index is 14.9. The first-order chi connectivity index (χ1) is 27.3. The van der Waals surface area contributed by atoms with E-state index in [1.807, 2.05) is 6.92 Å². The van der Waals surface area contributed by atoms with E-state index in [4.69, 9.17) is 18.9 Å². The molecule has 1 heterocycles. The topological polar surface area (TPSA) is 215 Å². The summed E-state index contributed by atoms with van der Waals surface area (Å²) in [6.07, 6.45) is -4.45. The van der Waals surface area contributed by atoms with Crippen molar-refractivity contribution in [2.45, 2.75) is 173 Å². The van der Waals surface area contributed by atoms with Crippen LogP contribution < -0.4 is 5.32 Å². The van der Waals surface area contributed by atoms with Crippen LogP contribution in [0.4, 0.5) is 0 Å². The Morgan fingerprint density at radius 2 is 1.59 bits per heavy atom. The first kappa shape index (κ1) is 45.4. The van der Waals surface area contributed by atoms with E-state index in [0.29, 0.717) is 24.8 Å². The van der Waals surface area contributed by atoms with Crippen molar-refractivity contribution in [2.24, 2.45) is 16.7 Å². The highest BCUT2D eigenvalue weighted by atomic mass is 16.6. The molecule has 3 aliphatic carbocycles. The number of aliphatic hydroxyl groups excluding tert-OH is 3. The number of carbonyl (C=O) groups is 5. The fraction of sp³-hybridized carbons (Fsp3) is 0.705. The van der Waals surface area contributed by atoms with Gasteiger partial charge in [-0.25, -0.2) is 4.79 Å². The summed E-state index contributed by atoms with van der Waals surface area (Å²) in [5.41, 5.74) is -6.79. The normalized spacial score (nSPS) is 33.5. The Kier molecular flexibility index (Phi) is 14.0. The van der Waals surface area contributed by atoms with Crippen LogP contribution in [0.1, 0.15) is 131 Å². The van der Waals surface area contributed by atoms with Crippen molar-refractivity contribution in [2.75, 3.05) is 6.61 Å². The molecule has 1 aliphatic heterocycles. The fourth-order valence-electron chi connectivity index (χ4n) is 10.0. The van der Waals surface area contributed by atoms with Crippen molar-refractivity contribution in [3.8, 4) is 0 Å². The third-order valence-corrected chi connectivity index (χ3v) is 13.5. The fourth-order valence-corrected chi connectivity index (χ4v) is 10.0. The number of aliphatic hydroxyl groups is 4. The molecule has 5 rings (SSSR count). The summed E-state index contributed by atoms with van der Waals surface area (Å²) in [4.78, 5) is 68.7. The number of unbranched alkanes of at least 4 members (excludes halogenated alkanes) is 5. The molecule has 0 radical (unpaired) electrons. The first-order valence-electron chi connectivity index (χ1n) is 20.9. The van der Waals surface area contributed by atoms with Crippen LogP contribution in [0.3, 0.4) is 0 Å². The lowest BCUT2D eigenvalue weighted by molar-refractivity contribution is -0.347. The molecular weight excluding hydrogens is 750 g/mol. The van der Waals surface area contributed by atoms with Gasteiger partial charge in [0, 0.05) is 38.0 Å². The maximum atomic E-state index is 14.9. The molecule has 2 saturated carbocycles. The molecule has 1 amide bonds. The minimum Gasteiger partial charge on any atom is -0.459 e. The summed E-state index contributed by atoms with van der Waals surface area (Å²) in [7, 11) is 0. The molecule has 1 aromatic carbocycles. The number of Topliss-reactive ketones (excluding diaryl/α,β-unsaturated/α-hetero) is 1. The van der Waals surface area contributed by atoms with E-state index in [9.17, 15) is 44.4 Å². The summed E-state index contributed by atoms with van der Waals surface area (Å²) in [6, 6.07) is 7.26. The standard InChI is InChI=1S/C44H63NO13/c1-8-10-12-17-20-31(48)45-34(27-18-15-13-16-19-27)36(51)40(53)56-28-23-44(54)39(57-32(49)21-14-11-9-2)37-42(7,38(52)35(50)33(25(28)3)41(44,5)6)29(47)22-30-43(37,24-55-30)58-26(4)46/h13,15-16,18-19,28-30,34-37,39,47,50-51,54H,8-12,14,17,20-24H2,1-7H3,(H,45,48)/t28-,29-,30+,34-,35+,36+,37-,39-,42+,43-,44+/m0/s1. The number of rotatable bonds is 16. The Balaban J connectivity index is 1.60. The lowest BCUT2D eigenvalue weighted by Crippen LogP contribution is -2.81. The van der Waals surface area contributed by atoms with Crippen molar-refractivity contribution in [1.29, 1.82) is 0 Å². The van der Waals surface area contributed by atoms with Gasteiger partial charge >= 0.3 is 17.9 Å². The van der Waals surface area contributed by atoms with Gasteiger partial charge in [-0.3, -0.25) is 19.2 Å². The van der Waals surface area contributed by atoms with Crippen LogP contribution >= 0.6 is 0 Å². The van der Waals surface area contributed by atoms with Gasteiger partial charge in [-0.2, -0.15) is 0 Å². The SMILES string of the molecule is CCCCCCC(=O)N[C@@H](c1ccccc1)[C@@H](O)C(=O)O[C@H]1C[C@@]2(O)[C@@H](OC(=O)CCCCC)[C@@H]3[C@]4(OC(C)=O)CO[C@@H]4C[C@H](O)[C@@]3(C)C(=O)[C@H](O)C(=C1C)C2(C)C. The zero-order valence-corrected chi connectivity index (χ0v) is 35.0. The molecule has 1 aromatic rings. The monoisotopic (exact) mass is 813 g/mol. The van der Waals surface area contributed by atoms with Crippen molar-refractivity contribution in [3.05, 3.63) is 47.0 Å². The number of amides is 1. The summed E-state index contributed by atoms with van der Waals surface area (Å²) >= 11 is 0. The molecular formula is C44H63NO13. The second kappa shape index (κ2) is 17.9. The van der Waals surface area contributed by atoms with Gasteiger partial charge in [0.1, 0.15) is 30.0 Å². The van der Waals surface area contributed by atoms with Gasteiger partial charge in [-0.05, 0) is 43.4 Å². The number of fused-ring (bicyclic) bond motifs is 5. The molecule has 14 nitrogen and oxygen atoms in total. The Morgan fingerprint density at radius 1 is 0.948 bits per heavy atom. The second-order valence-corrected chi connectivity index (χ2v) is 17.5. The molecule has 322 valence electrons. The number of ketones is 1. The van der Waals surface area contributed by atoms with Gasteiger partial charge in [-0.1, -0.05) is 90.1 Å². The highest BCUT2D eigenvalue weighted by molar-refractivity contribution is 5.93. The van der Waals surface area contributed by atoms with Gasteiger partial charge in [0.05, 0.1) is 30.1 Å². The number of benzene rings is 1. The molecule has 11 atom stereocenters. The predicted molar refractivity (Wildman–Crippen MR) is 210 cm³/mol. The molecule has 58 heavy (non-hydrogen) atoms. The Labute approximate surface area is 341 Å². The van der Waals surface area contributed by atoms with Crippen LogP contribution in [0.2, 0.25) is 0 Å². The van der Waals surface area contributed by atoms with E-state index in [0.717, 1.165) is 25.7 Å². The van der Waals surface area contributed by atoms with Gasteiger partial charge < -0.3 is 44.7 Å². The summed E-state index contributed by atoms with van der Waals surface area (Å²) in [6.45, 7) is 11.1. The highest BCUT2D eigenvalue weighted by Crippen LogP contribution is 2.64. The van der Waals surface area contributed by atoms with Crippen LogP contribution in [-0.2, 0) is 42.9 Å². The van der Waals surface area contributed by atoms with Crippen molar-refractivity contribution >= 4 is 29.6 Å². The van der Waals surface area contributed by atoms with E-state index >= 15 is 0 Å². The molecule has 1 saturated heterocycles. The minimum atomic E-state index is -2.26. The highest BCUT2D eigenvalue weighted by Gasteiger charge is 2.78. The third-order valence-electron chi connectivity index (χ3n) is 13.5. The summed E-state index contributed by atoms with van der Waals surface area (Å²) < 4.78 is 24.2. The van der Waals surface area contributed by atoms with E-state index < -0.39 is 101 Å². The molecule has 2 bridgehead atoms. The minimum absolute atomic E-state index is 0.00837. The lowest BCUT2D eigenvalue weighted by Gasteiger charge is -2.67. The summed E-state index contributed by atoms with van der Waals surface area (Å²) in [5.74, 6) is -5.27. The van der Waals surface area contributed by atoms with Crippen LogP contribution in [0.15, 0.2) is 41.5 Å². The number of esters is 3. The van der Waals surface area contributed by atoms with E-state index in [-0.39, 0.29) is 42.9 Å². The molecule has 14 heteroatoms. The molecule has 3 fully saturated rings. The Hall–Kier alpha value is -3.69. The van der Waals surface area contributed by atoms with Crippen LogP contribution in [0.25, 0.3) is 0 Å².